The summed E-state index contributed by atoms with van der Waals surface area (Å²) >= 11 is 1.79. The average Bonchev–Trinajstić information content (AvgIpc) is 2.46. The lowest BCUT2D eigenvalue weighted by Crippen LogP contribution is -2.21. The molecule has 0 saturated heterocycles. The summed E-state index contributed by atoms with van der Waals surface area (Å²) in [6.45, 7) is 10.4. The van der Waals surface area contributed by atoms with Crippen molar-refractivity contribution >= 4 is 29.7 Å². The van der Waals surface area contributed by atoms with Crippen molar-refractivity contribution in [1.29, 1.82) is 5.41 Å². The standard InChI is InChI=1S/C12H17NS/c1-5-6-11-9(3)10(4)12(14-11)8(2)7-13/h7,13H,4-6H2,1-3H3/b12-8+,13-7?. The second kappa shape index (κ2) is 4.56. The van der Waals surface area contributed by atoms with Gasteiger partial charge in [-0.05, 0) is 36.6 Å². The molecule has 1 rings (SSSR count). The zero-order chi connectivity index (χ0) is 10.7. The SMILES string of the molecule is C=c1c(C)c(CCC)s/c1=C(\C)C=N. The molecule has 76 valence electrons. The van der Waals surface area contributed by atoms with E-state index in [1.54, 1.807) is 11.3 Å². The van der Waals surface area contributed by atoms with Gasteiger partial charge in [0.05, 0.1) is 0 Å². The van der Waals surface area contributed by atoms with E-state index in [2.05, 4.69) is 20.4 Å². The van der Waals surface area contributed by atoms with Gasteiger partial charge in [-0.25, -0.2) is 0 Å². The first kappa shape index (κ1) is 11.2. The van der Waals surface area contributed by atoms with Crippen molar-refractivity contribution in [1.82, 2.24) is 0 Å². The number of thiophene rings is 1. The molecule has 14 heavy (non-hydrogen) atoms. The van der Waals surface area contributed by atoms with Crippen molar-refractivity contribution in [2.75, 3.05) is 0 Å². The van der Waals surface area contributed by atoms with Crippen LogP contribution in [0.2, 0.25) is 0 Å². The van der Waals surface area contributed by atoms with Crippen molar-refractivity contribution in [3.8, 4) is 0 Å². The molecule has 0 saturated carbocycles. The Morgan fingerprint density at radius 2 is 2.21 bits per heavy atom. The summed E-state index contributed by atoms with van der Waals surface area (Å²) in [6.07, 6.45) is 3.71. The van der Waals surface area contributed by atoms with Gasteiger partial charge in [0, 0.05) is 15.6 Å². The Hall–Kier alpha value is -0.890. The van der Waals surface area contributed by atoms with Gasteiger partial charge in [0.25, 0.3) is 0 Å². The van der Waals surface area contributed by atoms with Crippen LogP contribution in [-0.4, -0.2) is 6.21 Å². The number of rotatable bonds is 3. The normalized spacial score (nSPS) is 12.8. The maximum atomic E-state index is 7.24. The van der Waals surface area contributed by atoms with E-state index in [0.29, 0.717) is 0 Å². The van der Waals surface area contributed by atoms with E-state index in [4.69, 9.17) is 5.41 Å². The van der Waals surface area contributed by atoms with Crippen LogP contribution in [0.3, 0.4) is 0 Å². The fourth-order valence-electron chi connectivity index (χ4n) is 1.45. The zero-order valence-electron chi connectivity index (χ0n) is 9.11. The van der Waals surface area contributed by atoms with Crippen molar-refractivity contribution in [3.63, 3.8) is 0 Å². The zero-order valence-corrected chi connectivity index (χ0v) is 9.92. The molecular formula is C12H17NS. The third-order valence-corrected chi connectivity index (χ3v) is 3.95. The molecule has 2 heteroatoms. The largest absolute Gasteiger partial charge is 0.308 e. The molecule has 0 aromatic carbocycles. The van der Waals surface area contributed by atoms with Crippen molar-refractivity contribution in [3.05, 3.63) is 20.2 Å². The monoisotopic (exact) mass is 207 g/mol. The third kappa shape index (κ3) is 1.95. The lowest BCUT2D eigenvalue weighted by Gasteiger charge is -1.92. The van der Waals surface area contributed by atoms with Gasteiger partial charge in [0.2, 0.25) is 0 Å². The van der Waals surface area contributed by atoms with Crippen molar-refractivity contribution < 1.29 is 0 Å². The van der Waals surface area contributed by atoms with E-state index in [1.165, 1.54) is 27.6 Å². The van der Waals surface area contributed by atoms with Gasteiger partial charge in [-0.3, -0.25) is 0 Å². The van der Waals surface area contributed by atoms with Crippen LogP contribution in [0.4, 0.5) is 0 Å². The molecule has 0 aliphatic carbocycles. The minimum absolute atomic E-state index is 1.02. The van der Waals surface area contributed by atoms with Gasteiger partial charge < -0.3 is 5.41 Å². The Morgan fingerprint density at radius 1 is 1.57 bits per heavy atom. The maximum absolute atomic E-state index is 7.24. The quantitative estimate of drug-likeness (QED) is 0.735. The molecule has 1 N–H and O–H groups in total. The highest BCUT2D eigenvalue weighted by Crippen LogP contribution is 2.10. The molecule has 0 fully saturated rings. The van der Waals surface area contributed by atoms with E-state index in [-0.39, 0.29) is 0 Å². The molecule has 0 atom stereocenters. The lowest BCUT2D eigenvalue weighted by molar-refractivity contribution is 0.931. The van der Waals surface area contributed by atoms with Crippen LogP contribution in [0.15, 0.2) is 0 Å². The van der Waals surface area contributed by atoms with Gasteiger partial charge >= 0.3 is 0 Å². The number of hydrogen-bond acceptors (Lipinski definition) is 2. The van der Waals surface area contributed by atoms with Crippen molar-refractivity contribution in [2.45, 2.75) is 33.6 Å². The molecule has 0 aliphatic rings. The fraction of sp³-hybridized carbons (Fsp3) is 0.417. The maximum Gasteiger partial charge on any atom is 0.0386 e. The second-order valence-corrected chi connectivity index (χ2v) is 4.64. The Morgan fingerprint density at radius 3 is 2.71 bits per heavy atom. The lowest BCUT2D eigenvalue weighted by atomic mass is 10.1. The van der Waals surface area contributed by atoms with Crippen LogP contribution in [0.25, 0.3) is 12.2 Å². The fourth-order valence-corrected chi connectivity index (χ4v) is 2.77. The summed E-state index contributed by atoms with van der Waals surface area (Å²) in [5.74, 6) is 0. The minimum Gasteiger partial charge on any atom is -0.308 e. The Balaban J connectivity index is 3.44. The number of aryl methyl sites for hydroxylation is 1. The number of hydrogen-bond donors (Lipinski definition) is 1. The van der Waals surface area contributed by atoms with Gasteiger partial charge in [0.1, 0.15) is 0 Å². The van der Waals surface area contributed by atoms with Crippen molar-refractivity contribution in [2.24, 2.45) is 0 Å². The summed E-state index contributed by atoms with van der Waals surface area (Å²) in [4.78, 5) is 1.42. The summed E-state index contributed by atoms with van der Waals surface area (Å²) < 4.78 is 1.18. The topological polar surface area (TPSA) is 23.9 Å². The van der Waals surface area contributed by atoms with E-state index in [9.17, 15) is 0 Å². The van der Waals surface area contributed by atoms with E-state index in [0.717, 1.165) is 17.2 Å². The molecule has 0 amide bonds. The Labute approximate surface area is 89.3 Å². The summed E-state index contributed by atoms with van der Waals surface area (Å²) in [5, 5.41) is 8.35. The first-order valence-electron chi connectivity index (χ1n) is 4.90. The Bertz CT molecular complexity index is 440. The van der Waals surface area contributed by atoms with Crippen LogP contribution in [0.1, 0.15) is 30.7 Å². The van der Waals surface area contributed by atoms with E-state index in [1.807, 2.05) is 6.92 Å². The van der Waals surface area contributed by atoms with Gasteiger partial charge in [0.15, 0.2) is 0 Å². The molecule has 1 aromatic heterocycles. The highest BCUT2D eigenvalue weighted by molar-refractivity contribution is 7.10. The predicted molar refractivity (Wildman–Crippen MR) is 65.7 cm³/mol. The summed E-state index contributed by atoms with van der Waals surface area (Å²) in [5.41, 5.74) is 2.33. The smallest absolute Gasteiger partial charge is 0.0386 e. The van der Waals surface area contributed by atoms with Gasteiger partial charge in [-0.2, -0.15) is 0 Å². The van der Waals surface area contributed by atoms with Crippen LogP contribution >= 0.6 is 11.3 Å². The highest BCUT2D eigenvalue weighted by Gasteiger charge is 2.03. The predicted octanol–water partition coefficient (Wildman–Crippen LogP) is 2.24. The van der Waals surface area contributed by atoms with E-state index < -0.39 is 0 Å². The van der Waals surface area contributed by atoms with Crippen LogP contribution in [0, 0.1) is 12.3 Å². The molecule has 0 unspecified atom stereocenters. The first-order valence-corrected chi connectivity index (χ1v) is 5.72. The van der Waals surface area contributed by atoms with Crippen LogP contribution in [0.5, 0.6) is 0 Å². The molecular weight excluding hydrogens is 190 g/mol. The van der Waals surface area contributed by atoms with E-state index >= 15 is 0 Å². The molecule has 0 aliphatic heterocycles. The molecule has 0 bridgehead atoms. The third-order valence-electron chi connectivity index (χ3n) is 2.42. The van der Waals surface area contributed by atoms with Crippen LogP contribution < -0.4 is 9.75 Å². The molecule has 1 aromatic rings. The molecule has 1 heterocycles. The molecule has 1 nitrogen and oxygen atoms in total. The minimum atomic E-state index is 1.02. The average molecular weight is 207 g/mol. The van der Waals surface area contributed by atoms with Gasteiger partial charge in [-0.15, -0.1) is 11.3 Å². The molecule has 0 spiro atoms. The summed E-state index contributed by atoms with van der Waals surface area (Å²) in [7, 11) is 0. The second-order valence-electron chi connectivity index (χ2n) is 3.54. The van der Waals surface area contributed by atoms with Crippen LogP contribution in [-0.2, 0) is 6.42 Å². The first-order chi connectivity index (χ1) is 6.61. The summed E-state index contributed by atoms with van der Waals surface area (Å²) in [6, 6.07) is 0. The number of nitrogens with one attached hydrogen (secondary N) is 1. The molecule has 0 radical (unpaired) electrons. The van der Waals surface area contributed by atoms with Gasteiger partial charge in [-0.1, -0.05) is 19.9 Å². The Kier molecular flexibility index (Phi) is 3.64. The highest BCUT2D eigenvalue weighted by atomic mass is 32.1.